The van der Waals surface area contributed by atoms with Crippen LogP contribution < -0.4 is 10.1 Å². The maximum atomic E-state index is 13.3. The summed E-state index contributed by atoms with van der Waals surface area (Å²) in [4.78, 5) is 0. The van der Waals surface area contributed by atoms with Gasteiger partial charge in [0.15, 0.2) is 0 Å². The van der Waals surface area contributed by atoms with Crippen molar-refractivity contribution < 1.29 is 18.3 Å². The van der Waals surface area contributed by atoms with Crippen LogP contribution in [0.2, 0.25) is 0 Å². The highest BCUT2D eigenvalue weighted by atomic mass is 19.1. The second-order valence-electron chi connectivity index (χ2n) is 7.02. The van der Waals surface area contributed by atoms with Gasteiger partial charge in [-0.3, -0.25) is 0 Å². The van der Waals surface area contributed by atoms with Crippen molar-refractivity contribution in [2.24, 2.45) is 5.41 Å². The molecule has 1 N–H and O–H groups in total. The lowest BCUT2D eigenvalue weighted by Crippen LogP contribution is -2.48. The van der Waals surface area contributed by atoms with E-state index in [4.69, 9.17) is 9.47 Å². The first-order valence-corrected chi connectivity index (χ1v) is 8.10. The summed E-state index contributed by atoms with van der Waals surface area (Å²) in [7, 11) is 0. The molecule has 0 spiro atoms. The van der Waals surface area contributed by atoms with Gasteiger partial charge in [0.1, 0.15) is 23.5 Å². The highest BCUT2D eigenvalue weighted by Crippen LogP contribution is 2.49. The minimum Gasteiger partial charge on any atom is -0.489 e. The molecule has 1 aromatic carbocycles. The Bertz CT molecular complexity index is 534. The van der Waals surface area contributed by atoms with Crippen LogP contribution in [0, 0.1) is 17.0 Å². The Morgan fingerprint density at radius 1 is 1.18 bits per heavy atom. The number of rotatable bonds is 5. The molecule has 2 saturated carbocycles. The molecule has 1 aromatic rings. The van der Waals surface area contributed by atoms with E-state index >= 15 is 0 Å². The van der Waals surface area contributed by atoms with Crippen LogP contribution in [-0.2, 0) is 4.74 Å². The third kappa shape index (κ3) is 2.72. The molecule has 120 valence electrons. The van der Waals surface area contributed by atoms with Crippen molar-refractivity contribution in [2.75, 3.05) is 13.2 Å². The Labute approximate surface area is 129 Å². The van der Waals surface area contributed by atoms with E-state index in [0.717, 1.165) is 51.3 Å². The minimum atomic E-state index is -0.597. The zero-order chi connectivity index (χ0) is 15.2. The van der Waals surface area contributed by atoms with E-state index in [1.54, 1.807) is 0 Å². The molecule has 2 aliphatic carbocycles. The normalized spacial score (nSPS) is 36.4. The Kier molecular flexibility index (Phi) is 3.57. The lowest BCUT2D eigenvalue weighted by molar-refractivity contribution is 0.106. The zero-order valence-electron chi connectivity index (χ0n) is 12.5. The summed E-state index contributed by atoms with van der Waals surface area (Å²) < 4.78 is 38.0. The molecule has 5 rings (SSSR count). The van der Waals surface area contributed by atoms with Gasteiger partial charge in [-0.05, 0) is 32.1 Å². The molecule has 2 heterocycles. The van der Waals surface area contributed by atoms with Crippen molar-refractivity contribution in [1.82, 2.24) is 5.32 Å². The van der Waals surface area contributed by atoms with E-state index in [1.807, 2.05) is 0 Å². The standard InChI is InChI=1S/C17H21F2NO2/c18-11-4-12(19)6-13(5-11)22-16-3-1-2-15(16)20-9-17-7-14(8-17)21-10-17/h4-6,14-16,20H,1-3,7-10H2/t14?,15-,16+,17?/m0/s1. The van der Waals surface area contributed by atoms with E-state index in [9.17, 15) is 8.78 Å². The van der Waals surface area contributed by atoms with E-state index in [1.165, 1.54) is 12.1 Å². The average Bonchev–Trinajstić information content (AvgIpc) is 3.09. The van der Waals surface area contributed by atoms with Crippen molar-refractivity contribution in [3.8, 4) is 5.75 Å². The van der Waals surface area contributed by atoms with Gasteiger partial charge < -0.3 is 14.8 Å². The second kappa shape index (κ2) is 5.46. The predicted molar refractivity (Wildman–Crippen MR) is 77.8 cm³/mol. The highest BCUT2D eigenvalue weighted by molar-refractivity contribution is 5.24. The quantitative estimate of drug-likeness (QED) is 0.907. The molecule has 5 heteroatoms. The molecule has 2 saturated heterocycles. The molecule has 2 bridgehead atoms. The maximum absolute atomic E-state index is 13.3. The zero-order valence-corrected chi connectivity index (χ0v) is 12.5. The molecular weight excluding hydrogens is 288 g/mol. The summed E-state index contributed by atoms with van der Waals surface area (Å²) >= 11 is 0. The summed E-state index contributed by atoms with van der Waals surface area (Å²) in [6.45, 7) is 1.81. The smallest absolute Gasteiger partial charge is 0.129 e. The number of halogens is 2. The second-order valence-corrected chi connectivity index (χ2v) is 7.02. The van der Waals surface area contributed by atoms with Gasteiger partial charge in [-0.25, -0.2) is 8.78 Å². The van der Waals surface area contributed by atoms with Gasteiger partial charge in [0, 0.05) is 36.2 Å². The number of benzene rings is 1. The lowest BCUT2D eigenvalue weighted by atomic mass is 9.70. The largest absolute Gasteiger partial charge is 0.489 e. The molecule has 22 heavy (non-hydrogen) atoms. The van der Waals surface area contributed by atoms with Gasteiger partial charge in [0.05, 0.1) is 12.7 Å². The first-order chi connectivity index (χ1) is 10.6. The lowest BCUT2D eigenvalue weighted by Gasteiger charge is -2.37. The molecule has 4 fully saturated rings. The fourth-order valence-electron chi connectivity index (χ4n) is 4.05. The third-order valence-corrected chi connectivity index (χ3v) is 5.26. The summed E-state index contributed by atoms with van der Waals surface area (Å²) in [5.41, 5.74) is 0.322. The third-order valence-electron chi connectivity index (χ3n) is 5.26. The van der Waals surface area contributed by atoms with Crippen molar-refractivity contribution in [3.05, 3.63) is 29.8 Å². The van der Waals surface area contributed by atoms with Gasteiger partial charge >= 0.3 is 0 Å². The first kappa shape index (κ1) is 14.4. The van der Waals surface area contributed by atoms with Crippen molar-refractivity contribution >= 4 is 0 Å². The van der Waals surface area contributed by atoms with Gasteiger partial charge in [-0.2, -0.15) is 0 Å². The van der Waals surface area contributed by atoms with Gasteiger partial charge in [0.25, 0.3) is 0 Å². The minimum absolute atomic E-state index is 0.0178. The number of fused-ring (bicyclic) bond motifs is 1. The van der Waals surface area contributed by atoms with Crippen molar-refractivity contribution in [3.63, 3.8) is 0 Å². The summed E-state index contributed by atoms with van der Waals surface area (Å²) in [5.74, 6) is -0.915. The number of ether oxygens (including phenoxy) is 2. The van der Waals surface area contributed by atoms with Crippen LogP contribution in [0.1, 0.15) is 32.1 Å². The van der Waals surface area contributed by atoms with Crippen LogP contribution in [-0.4, -0.2) is 31.4 Å². The predicted octanol–water partition coefficient (Wildman–Crippen LogP) is 3.03. The van der Waals surface area contributed by atoms with E-state index in [-0.39, 0.29) is 17.9 Å². The Balaban J connectivity index is 1.36. The van der Waals surface area contributed by atoms with Crippen LogP contribution in [0.15, 0.2) is 18.2 Å². The van der Waals surface area contributed by atoms with Gasteiger partial charge in [-0.1, -0.05) is 0 Å². The summed E-state index contributed by atoms with van der Waals surface area (Å²) in [5, 5.41) is 3.61. The van der Waals surface area contributed by atoms with Crippen molar-refractivity contribution in [2.45, 2.75) is 50.4 Å². The van der Waals surface area contributed by atoms with Crippen LogP contribution in [0.5, 0.6) is 5.75 Å². The Morgan fingerprint density at radius 2 is 1.95 bits per heavy atom. The molecule has 2 aliphatic heterocycles. The number of hydrogen-bond donors (Lipinski definition) is 1. The van der Waals surface area contributed by atoms with Crippen LogP contribution >= 0.6 is 0 Å². The monoisotopic (exact) mass is 309 g/mol. The number of hydrogen-bond acceptors (Lipinski definition) is 3. The molecule has 2 atom stereocenters. The topological polar surface area (TPSA) is 30.5 Å². The molecule has 3 nitrogen and oxygen atoms in total. The Morgan fingerprint density at radius 3 is 2.64 bits per heavy atom. The maximum Gasteiger partial charge on any atom is 0.129 e. The molecule has 0 unspecified atom stereocenters. The first-order valence-electron chi connectivity index (χ1n) is 8.10. The van der Waals surface area contributed by atoms with E-state index in [0.29, 0.717) is 11.5 Å². The SMILES string of the molecule is Fc1cc(F)cc(O[C@@H]2CCC[C@@H]2NCC23COC(C2)C3)c1. The number of nitrogens with one attached hydrogen (secondary N) is 1. The summed E-state index contributed by atoms with van der Waals surface area (Å²) in [6, 6.07) is 3.61. The van der Waals surface area contributed by atoms with Gasteiger partial charge in [0.2, 0.25) is 0 Å². The van der Waals surface area contributed by atoms with Gasteiger partial charge in [-0.15, -0.1) is 0 Å². The van der Waals surface area contributed by atoms with Crippen LogP contribution in [0.25, 0.3) is 0 Å². The molecular formula is C17H21F2NO2. The fraction of sp³-hybridized carbons (Fsp3) is 0.647. The van der Waals surface area contributed by atoms with Crippen LogP contribution in [0.3, 0.4) is 0 Å². The molecule has 0 amide bonds. The Hall–Kier alpha value is -1.20. The van der Waals surface area contributed by atoms with E-state index in [2.05, 4.69) is 5.32 Å². The highest BCUT2D eigenvalue weighted by Gasteiger charge is 2.51. The summed E-state index contributed by atoms with van der Waals surface area (Å²) in [6.07, 6.45) is 5.82. The molecule has 0 radical (unpaired) electrons. The van der Waals surface area contributed by atoms with Crippen molar-refractivity contribution in [1.29, 1.82) is 0 Å². The molecule has 4 aliphatic rings. The fourth-order valence-corrected chi connectivity index (χ4v) is 4.05. The average molecular weight is 309 g/mol. The molecule has 0 aromatic heterocycles. The van der Waals surface area contributed by atoms with Crippen LogP contribution in [0.4, 0.5) is 8.78 Å². The van der Waals surface area contributed by atoms with E-state index < -0.39 is 11.6 Å².